The van der Waals surface area contributed by atoms with Crippen LogP contribution in [0, 0.1) is 5.82 Å². The molecule has 0 saturated carbocycles. The molecule has 0 saturated heterocycles. The van der Waals surface area contributed by atoms with Gasteiger partial charge in [-0.2, -0.15) is 5.10 Å². The lowest BCUT2D eigenvalue weighted by molar-refractivity contribution is -0.121. The predicted octanol–water partition coefficient (Wildman–Crippen LogP) is 2.49. The first kappa shape index (κ1) is 16.8. The largest absolute Gasteiger partial charge is 0.349 e. The number of aromatic nitrogens is 2. The number of nitrogens with zero attached hydrogens (tertiary/aromatic N) is 2. The average molecular weight is 339 g/mol. The van der Waals surface area contributed by atoms with Gasteiger partial charge in [-0.3, -0.25) is 9.59 Å². The van der Waals surface area contributed by atoms with E-state index in [2.05, 4.69) is 10.4 Å². The molecule has 1 N–H and O–H groups in total. The number of hydrogen-bond donors (Lipinski definition) is 1. The van der Waals surface area contributed by atoms with E-state index in [1.54, 1.807) is 37.4 Å². The molecule has 3 rings (SSSR count). The summed E-state index contributed by atoms with van der Waals surface area (Å²) in [6.45, 7) is 1.83. The normalized spacial score (nSPS) is 12.1. The van der Waals surface area contributed by atoms with Crippen molar-refractivity contribution >= 4 is 16.7 Å². The molecule has 5 nitrogen and oxygen atoms in total. The van der Waals surface area contributed by atoms with Gasteiger partial charge < -0.3 is 5.32 Å². The van der Waals surface area contributed by atoms with Crippen molar-refractivity contribution in [1.82, 2.24) is 15.1 Å². The summed E-state index contributed by atoms with van der Waals surface area (Å²) in [4.78, 5) is 24.5. The minimum Gasteiger partial charge on any atom is -0.349 e. The Balaban J connectivity index is 1.81. The smallest absolute Gasteiger partial charge is 0.274 e. The lowest BCUT2D eigenvalue weighted by Gasteiger charge is -2.15. The second-order valence-electron chi connectivity index (χ2n) is 5.94. The van der Waals surface area contributed by atoms with Crippen LogP contribution in [0.5, 0.6) is 0 Å². The summed E-state index contributed by atoms with van der Waals surface area (Å²) in [6.07, 6.45) is 0.0557. The molecule has 0 spiro atoms. The number of fused-ring (bicyclic) bond motifs is 1. The topological polar surface area (TPSA) is 64.0 Å². The Hall–Kier alpha value is -3.02. The molecule has 1 amide bonds. The molecule has 0 aliphatic heterocycles. The number of carbonyl (C=O) groups is 1. The van der Waals surface area contributed by atoms with Gasteiger partial charge in [-0.05, 0) is 30.7 Å². The van der Waals surface area contributed by atoms with Crippen LogP contribution in [0.2, 0.25) is 0 Å². The van der Waals surface area contributed by atoms with Gasteiger partial charge in [0.05, 0.1) is 23.5 Å². The molecule has 3 aromatic rings. The Labute approximate surface area is 144 Å². The fourth-order valence-corrected chi connectivity index (χ4v) is 2.79. The Morgan fingerprint density at radius 2 is 1.80 bits per heavy atom. The second kappa shape index (κ2) is 6.84. The molecule has 1 heterocycles. The number of nitrogens with one attached hydrogen (secondary N) is 1. The third-order valence-electron chi connectivity index (χ3n) is 4.11. The van der Waals surface area contributed by atoms with Crippen LogP contribution in [-0.4, -0.2) is 15.7 Å². The van der Waals surface area contributed by atoms with Crippen LogP contribution in [0.4, 0.5) is 4.39 Å². The predicted molar refractivity (Wildman–Crippen MR) is 93.6 cm³/mol. The van der Waals surface area contributed by atoms with E-state index in [0.29, 0.717) is 16.5 Å². The summed E-state index contributed by atoms with van der Waals surface area (Å²) in [5.74, 6) is -0.531. The fraction of sp³-hybridized carbons (Fsp3) is 0.211. The minimum absolute atomic E-state index is 0.0557. The molecule has 128 valence electrons. The third kappa shape index (κ3) is 3.57. The van der Waals surface area contributed by atoms with Crippen molar-refractivity contribution < 1.29 is 9.18 Å². The maximum atomic E-state index is 13.0. The molecule has 0 fully saturated rings. The summed E-state index contributed by atoms with van der Waals surface area (Å²) >= 11 is 0. The molecular weight excluding hydrogens is 321 g/mol. The maximum absolute atomic E-state index is 13.0. The molecule has 0 unspecified atom stereocenters. The fourth-order valence-electron chi connectivity index (χ4n) is 2.79. The van der Waals surface area contributed by atoms with Crippen molar-refractivity contribution in [1.29, 1.82) is 0 Å². The quantitative estimate of drug-likeness (QED) is 0.794. The molecule has 1 aromatic heterocycles. The minimum atomic E-state index is -0.317. The van der Waals surface area contributed by atoms with Crippen molar-refractivity contribution in [2.24, 2.45) is 7.05 Å². The SMILES string of the molecule is C[C@@H](NC(=O)Cc1nn(C)c(=O)c2ccccc12)c1ccc(F)cc1. The van der Waals surface area contributed by atoms with Crippen LogP contribution in [0.1, 0.15) is 24.2 Å². The number of amides is 1. The molecule has 0 radical (unpaired) electrons. The van der Waals surface area contributed by atoms with Crippen molar-refractivity contribution in [3.63, 3.8) is 0 Å². The monoisotopic (exact) mass is 339 g/mol. The molecular formula is C19H18FN3O2. The lowest BCUT2D eigenvalue weighted by atomic mass is 10.1. The lowest BCUT2D eigenvalue weighted by Crippen LogP contribution is -2.30. The summed E-state index contributed by atoms with van der Waals surface area (Å²) in [7, 11) is 1.57. The number of aryl methyl sites for hydroxylation is 1. The van der Waals surface area contributed by atoms with E-state index in [1.165, 1.54) is 16.8 Å². The van der Waals surface area contributed by atoms with Gasteiger partial charge >= 0.3 is 0 Å². The van der Waals surface area contributed by atoms with Crippen LogP contribution in [0.15, 0.2) is 53.3 Å². The first-order valence-corrected chi connectivity index (χ1v) is 7.95. The molecule has 25 heavy (non-hydrogen) atoms. The van der Waals surface area contributed by atoms with E-state index >= 15 is 0 Å². The number of benzene rings is 2. The maximum Gasteiger partial charge on any atom is 0.274 e. The van der Waals surface area contributed by atoms with Crippen LogP contribution in [-0.2, 0) is 18.3 Å². The summed E-state index contributed by atoms with van der Waals surface area (Å²) in [6, 6.07) is 12.8. The zero-order chi connectivity index (χ0) is 18.0. The third-order valence-corrected chi connectivity index (χ3v) is 4.11. The average Bonchev–Trinajstić information content (AvgIpc) is 2.60. The Morgan fingerprint density at radius 3 is 2.48 bits per heavy atom. The van der Waals surface area contributed by atoms with E-state index in [9.17, 15) is 14.0 Å². The van der Waals surface area contributed by atoms with Gasteiger partial charge in [-0.25, -0.2) is 9.07 Å². The summed E-state index contributed by atoms with van der Waals surface area (Å²) in [5.41, 5.74) is 1.16. The number of halogens is 1. The summed E-state index contributed by atoms with van der Waals surface area (Å²) in [5, 5.41) is 8.31. The van der Waals surface area contributed by atoms with Crippen LogP contribution in [0.3, 0.4) is 0 Å². The standard InChI is InChI=1S/C19H18FN3O2/c1-12(13-7-9-14(20)10-8-13)21-18(24)11-17-15-5-3-4-6-16(15)19(25)23(2)22-17/h3-10,12H,11H2,1-2H3,(H,21,24)/t12-/m1/s1. The van der Waals surface area contributed by atoms with Crippen molar-refractivity contribution in [3.05, 3.63) is 76.0 Å². The van der Waals surface area contributed by atoms with E-state index in [0.717, 1.165) is 5.56 Å². The second-order valence-corrected chi connectivity index (χ2v) is 5.94. The molecule has 6 heteroatoms. The van der Waals surface area contributed by atoms with Gasteiger partial charge in [0.25, 0.3) is 5.56 Å². The molecule has 0 aliphatic carbocycles. The first-order valence-electron chi connectivity index (χ1n) is 7.95. The highest BCUT2D eigenvalue weighted by atomic mass is 19.1. The van der Waals surface area contributed by atoms with E-state index < -0.39 is 0 Å². The van der Waals surface area contributed by atoms with Gasteiger partial charge in [-0.15, -0.1) is 0 Å². The Bertz CT molecular complexity index is 980. The van der Waals surface area contributed by atoms with Crippen LogP contribution < -0.4 is 10.9 Å². The highest BCUT2D eigenvalue weighted by Crippen LogP contribution is 2.15. The molecule has 1 atom stereocenters. The van der Waals surface area contributed by atoms with Crippen molar-refractivity contribution in [3.8, 4) is 0 Å². The van der Waals surface area contributed by atoms with Crippen LogP contribution in [0.25, 0.3) is 10.8 Å². The Morgan fingerprint density at radius 1 is 1.16 bits per heavy atom. The van der Waals surface area contributed by atoms with Gasteiger partial charge in [0.2, 0.25) is 5.91 Å². The van der Waals surface area contributed by atoms with Crippen molar-refractivity contribution in [2.45, 2.75) is 19.4 Å². The molecule has 2 aromatic carbocycles. The summed E-state index contributed by atoms with van der Waals surface area (Å²) < 4.78 is 14.2. The van der Waals surface area contributed by atoms with Gasteiger partial charge in [0.15, 0.2) is 0 Å². The number of hydrogen-bond acceptors (Lipinski definition) is 3. The zero-order valence-corrected chi connectivity index (χ0v) is 14.0. The van der Waals surface area contributed by atoms with Gasteiger partial charge in [-0.1, -0.05) is 30.3 Å². The molecule has 0 aliphatic rings. The van der Waals surface area contributed by atoms with Crippen LogP contribution >= 0.6 is 0 Å². The van der Waals surface area contributed by atoms with Gasteiger partial charge in [0, 0.05) is 12.4 Å². The highest BCUT2D eigenvalue weighted by Gasteiger charge is 2.14. The zero-order valence-electron chi connectivity index (χ0n) is 14.0. The van der Waals surface area contributed by atoms with Crippen molar-refractivity contribution in [2.75, 3.05) is 0 Å². The van der Waals surface area contributed by atoms with E-state index in [1.807, 2.05) is 13.0 Å². The van der Waals surface area contributed by atoms with E-state index in [4.69, 9.17) is 0 Å². The van der Waals surface area contributed by atoms with Gasteiger partial charge in [0.1, 0.15) is 5.82 Å². The first-order chi connectivity index (χ1) is 12.0. The van der Waals surface area contributed by atoms with E-state index in [-0.39, 0.29) is 29.7 Å². The highest BCUT2D eigenvalue weighted by molar-refractivity contribution is 5.88. The Kier molecular flexibility index (Phi) is 4.61. The number of rotatable bonds is 4. The molecule has 0 bridgehead atoms. The number of carbonyl (C=O) groups excluding carboxylic acids is 1.